The van der Waals surface area contributed by atoms with Gasteiger partial charge >= 0.3 is 0 Å². The molecule has 0 aromatic heterocycles. The molecule has 0 atom stereocenters. The number of aromatic hydroxyl groups is 1. The van der Waals surface area contributed by atoms with Gasteiger partial charge in [-0.2, -0.15) is 0 Å². The second kappa shape index (κ2) is 7.77. The molecule has 0 aliphatic carbocycles. The van der Waals surface area contributed by atoms with E-state index < -0.39 is 0 Å². The molecular weight excluding hydrogens is 351 g/mol. The highest BCUT2D eigenvalue weighted by Gasteiger charge is 2.18. The van der Waals surface area contributed by atoms with Crippen molar-refractivity contribution in [3.63, 3.8) is 0 Å². The van der Waals surface area contributed by atoms with Crippen molar-refractivity contribution in [3.8, 4) is 16.9 Å². The average molecular weight is 369 g/mol. The number of phenols is 1. The van der Waals surface area contributed by atoms with E-state index in [1.807, 2.05) is 54.6 Å². The first-order valence-electron chi connectivity index (χ1n) is 8.15. The van der Waals surface area contributed by atoms with Crippen molar-refractivity contribution >= 4 is 28.8 Å². The fourth-order valence-corrected chi connectivity index (χ4v) is 3.31. The van der Waals surface area contributed by atoms with Gasteiger partial charge in [-0.15, -0.1) is 0 Å². The van der Waals surface area contributed by atoms with Crippen LogP contribution in [0, 0.1) is 0 Å². The molecule has 0 heterocycles. The molecule has 0 spiro atoms. The largest absolute Gasteiger partial charge is 0.507 e. The number of phenolic OH excluding ortho intramolecular Hbond substituents is 1. The van der Waals surface area contributed by atoms with Crippen LogP contribution in [0.25, 0.3) is 16.7 Å². The summed E-state index contributed by atoms with van der Waals surface area (Å²) in [5.41, 5.74) is 4.49. The number of allylic oxidation sites excluding steroid dienone is 1. The molecule has 0 saturated carbocycles. The quantitative estimate of drug-likeness (QED) is 0.515. The van der Waals surface area contributed by atoms with Crippen molar-refractivity contribution in [1.82, 2.24) is 0 Å². The summed E-state index contributed by atoms with van der Waals surface area (Å²) in [7, 11) is 0. The predicted molar refractivity (Wildman–Crippen MR) is 107 cm³/mol. The van der Waals surface area contributed by atoms with Crippen LogP contribution in [0.4, 0.5) is 0 Å². The fourth-order valence-electron chi connectivity index (χ4n) is 2.92. The van der Waals surface area contributed by atoms with Gasteiger partial charge < -0.3 is 5.11 Å². The van der Waals surface area contributed by atoms with Crippen molar-refractivity contribution in [2.75, 3.05) is 0 Å². The van der Waals surface area contributed by atoms with E-state index in [2.05, 4.69) is 13.0 Å². The average Bonchev–Trinajstić information content (AvgIpc) is 2.63. The van der Waals surface area contributed by atoms with Crippen LogP contribution >= 0.6 is 23.2 Å². The van der Waals surface area contributed by atoms with Gasteiger partial charge in [0.15, 0.2) is 0 Å². The molecule has 0 unspecified atom stereocenters. The lowest BCUT2D eigenvalue weighted by molar-refractivity contribution is 0.477. The van der Waals surface area contributed by atoms with Gasteiger partial charge in [0.2, 0.25) is 0 Å². The van der Waals surface area contributed by atoms with Crippen LogP contribution in [0.1, 0.15) is 24.5 Å². The second-order valence-electron chi connectivity index (χ2n) is 5.72. The molecule has 0 radical (unpaired) electrons. The van der Waals surface area contributed by atoms with Crippen LogP contribution in [-0.4, -0.2) is 5.11 Å². The third kappa shape index (κ3) is 3.73. The van der Waals surface area contributed by atoms with Gasteiger partial charge in [-0.25, -0.2) is 0 Å². The van der Waals surface area contributed by atoms with Crippen LogP contribution in [0.5, 0.6) is 5.75 Å². The highest BCUT2D eigenvalue weighted by atomic mass is 35.5. The zero-order valence-electron chi connectivity index (χ0n) is 13.8. The molecule has 0 bridgehead atoms. The standard InChI is InChI=1S/C22H18Cl2O/c1-2-6-18(15-7-4-3-5-8-15)22-19(24)13-14-20(25)21(22)16-9-11-17(23)12-10-16/h3-14,25H,2H2,1H3. The van der Waals surface area contributed by atoms with E-state index in [1.165, 1.54) is 0 Å². The van der Waals surface area contributed by atoms with E-state index in [-0.39, 0.29) is 5.75 Å². The highest BCUT2D eigenvalue weighted by Crippen LogP contribution is 2.43. The number of halogens is 2. The maximum Gasteiger partial charge on any atom is 0.124 e. The van der Waals surface area contributed by atoms with Crippen LogP contribution in [0.3, 0.4) is 0 Å². The lowest BCUT2D eigenvalue weighted by atomic mass is 9.89. The Hall–Kier alpha value is -2.22. The van der Waals surface area contributed by atoms with Gasteiger partial charge in [0, 0.05) is 21.2 Å². The smallest absolute Gasteiger partial charge is 0.124 e. The van der Waals surface area contributed by atoms with Gasteiger partial charge in [0.05, 0.1) is 0 Å². The molecule has 0 amide bonds. The van der Waals surface area contributed by atoms with E-state index in [4.69, 9.17) is 23.2 Å². The molecule has 3 aromatic rings. The topological polar surface area (TPSA) is 20.2 Å². The Kier molecular flexibility index (Phi) is 5.47. The summed E-state index contributed by atoms with van der Waals surface area (Å²) in [6.07, 6.45) is 2.99. The number of hydrogen-bond acceptors (Lipinski definition) is 1. The Morgan fingerprint density at radius 3 is 2.24 bits per heavy atom. The van der Waals surface area contributed by atoms with Crippen LogP contribution < -0.4 is 0 Å². The maximum absolute atomic E-state index is 10.6. The Morgan fingerprint density at radius 2 is 1.60 bits per heavy atom. The molecule has 0 aliphatic rings. The zero-order valence-corrected chi connectivity index (χ0v) is 15.4. The van der Waals surface area contributed by atoms with Gasteiger partial charge in [-0.05, 0) is 47.4 Å². The first kappa shape index (κ1) is 17.6. The SMILES string of the molecule is CCC=C(c1ccccc1)c1c(Cl)ccc(O)c1-c1ccc(Cl)cc1. The van der Waals surface area contributed by atoms with Crippen molar-refractivity contribution in [2.24, 2.45) is 0 Å². The lowest BCUT2D eigenvalue weighted by Crippen LogP contribution is -1.95. The molecule has 3 aromatic carbocycles. The van der Waals surface area contributed by atoms with Gasteiger partial charge in [-0.3, -0.25) is 0 Å². The summed E-state index contributed by atoms with van der Waals surface area (Å²) < 4.78 is 0. The Balaban J connectivity index is 2.29. The van der Waals surface area contributed by atoms with Crippen LogP contribution in [0.15, 0.2) is 72.8 Å². The number of rotatable bonds is 4. The van der Waals surface area contributed by atoms with E-state index in [0.717, 1.165) is 28.7 Å². The summed E-state index contributed by atoms with van der Waals surface area (Å²) in [5.74, 6) is 0.194. The molecule has 3 rings (SSSR count). The molecule has 25 heavy (non-hydrogen) atoms. The molecule has 0 saturated heterocycles. The minimum atomic E-state index is 0.194. The predicted octanol–water partition coefficient (Wildman–Crippen LogP) is 7.21. The molecule has 1 nitrogen and oxygen atoms in total. The summed E-state index contributed by atoms with van der Waals surface area (Å²) in [6, 6.07) is 20.9. The van der Waals surface area contributed by atoms with Crippen molar-refractivity contribution in [2.45, 2.75) is 13.3 Å². The zero-order chi connectivity index (χ0) is 17.8. The molecule has 0 aliphatic heterocycles. The molecule has 0 fully saturated rings. The summed E-state index contributed by atoms with van der Waals surface area (Å²) >= 11 is 12.6. The van der Waals surface area contributed by atoms with Gasteiger partial charge in [0.25, 0.3) is 0 Å². The van der Waals surface area contributed by atoms with E-state index >= 15 is 0 Å². The number of benzene rings is 3. The van der Waals surface area contributed by atoms with E-state index in [9.17, 15) is 5.11 Å². The fraction of sp³-hybridized carbons (Fsp3) is 0.0909. The summed E-state index contributed by atoms with van der Waals surface area (Å²) in [4.78, 5) is 0. The van der Waals surface area contributed by atoms with E-state index in [1.54, 1.807) is 12.1 Å². The van der Waals surface area contributed by atoms with Gasteiger partial charge in [-0.1, -0.05) is 78.7 Å². The van der Waals surface area contributed by atoms with Crippen molar-refractivity contribution < 1.29 is 5.11 Å². The normalized spacial score (nSPS) is 11.6. The molecule has 126 valence electrons. The number of hydrogen-bond donors (Lipinski definition) is 1. The Bertz CT molecular complexity index is 897. The molecule has 3 heteroatoms. The Morgan fingerprint density at radius 1 is 0.920 bits per heavy atom. The Labute approximate surface area is 158 Å². The van der Waals surface area contributed by atoms with Crippen molar-refractivity contribution in [3.05, 3.63) is 94.0 Å². The summed E-state index contributed by atoms with van der Waals surface area (Å²) in [5, 5.41) is 11.8. The maximum atomic E-state index is 10.6. The summed E-state index contributed by atoms with van der Waals surface area (Å²) in [6.45, 7) is 2.08. The minimum absolute atomic E-state index is 0.194. The van der Waals surface area contributed by atoms with Crippen LogP contribution in [-0.2, 0) is 0 Å². The van der Waals surface area contributed by atoms with Gasteiger partial charge in [0.1, 0.15) is 5.75 Å². The third-order valence-electron chi connectivity index (χ3n) is 4.03. The van der Waals surface area contributed by atoms with E-state index in [0.29, 0.717) is 15.6 Å². The monoisotopic (exact) mass is 368 g/mol. The van der Waals surface area contributed by atoms with Crippen LogP contribution in [0.2, 0.25) is 10.0 Å². The lowest BCUT2D eigenvalue weighted by Gasteiger charge is -2.17. The first-order chi connectivity index (χ1) is 12.1. The highest BCUT2D eigenvalue weighted by molar-refractivity contribution is 6.33. The molecular formula is C22H18Cl2O. The van der Waals surface area contributed by atoms with Crippen molar-refractivity contribution in [1.29, 1.82) is 0 Å². The molecule has 1 N–H and O–H groups in total. The second-order valence-corrected chi connectivity index (χ2v) is 6.56. The minimum Gasteiger partial charge on any atom is -0.507 e. The third-order valence-corrected chi connectivity index (χ3v) is 4.59. The first-order valence-corrected chi connectivity index (χ1v) is 8.90.